The summed E-state index contributed by atoms with van der Waals surface area (Å²) < 4.78 is 39.3. The van der Waals surface area contributed by atoms with Crippen molar-refractivity contribution in [1.82, 2.24) is 10.6 Å². The molecule has 0 bridgehead atoms. The quantitative estimate of drug-likeness (QED) is 0.240. The molecular weight excluding hydrogens is 545 g/mol. The molecule has 10 heteroatoms. The van der Waals surface area contributed by atoms with E-state index in [2.05, 4.69) is 16.0 Å². The highest BCUT2D eigenvalue weighted by Gasteiger charge is 2.30. The van der Waals surface area contributed by atoms with Gasteiger partial charge in [0.2, 0.25) is 5.91 Å². The molecule has 1 saturated heterocycles. The topological polar surface area (TPSA) is 93.7 Å². The van der Waals surface area contributed by atoms with E-state index in [9.17, 15) is 27.9 Å². The number of nitrogens with zero attached hydrogens (tertiary/aromatic N) is 1. The third-order valence-electron chi connectivity index (χ3n) is 7.39. The predicted molar refractivity (Wildman–Crippen MR) is 157 cm³/mol. The molecule has 2 atom stereocenters. The second kappa shape index (κ2) is 13.8. The van der Waals surface area contributed by atoms with Gasteiger partial charge < -0.3 is 26.0 Å². The Balaban J connectivity index is 1.52. The van der Waals surface area contributed by atoms with Crippen LogP contribution in [0.4, 0.5) is 24.5 Å². The number of aliphatic hydroxyl groups excluding tert-OH is 1. The predicted octanol–water partition coefficient (Wildman–Crippen LogP) is 5.06. The van der Waals surface area contributed by atoms with Crippen molar-refractivity contribution in [2.24, 2.45) is 0 Å². The van der Waals surface area contributed by atoms with Crippen LogP contribution in [0.25, 0.3) is 0 Å². The van der Waals surface area contributed by atoms with Gasteiger partial charge in [0.15, 0.2) is 0 Å². The molecule has 0 aliphatic carbocycles. The molecular formula is C32H37F3N4O3. The smallest absolute Gasteiger partial charge is 0.390 e. The van der Waals surface area contributed by atoms with Crippen LogP contribution in [0.5, 0.6) is 0 Å². The number of benzene rings is 3. The van der Waals surface area contributed by atoms with Gasteiger partial charge in [-0.05, 0) is 61.6 Å². The number of carbonyl (C=O) groups excluding carboxylic acids is 2. The normalized spacial score (nSPS) is 15.0. The van der Waals surface area contributed by atoms with Crippen LogP contribution in [0.15, 0.2) is 66.7 Å². The SMILES string of the molecule is CCNc1cc(C(=O)N[C@@H](Cc2ccccc2)[C@@H](O)CNCc2cccc(C(F)(F)F)c2)cc(N2CCCC2=O)c1C. The monoisotopic (exact) mass is 582 g/mol. The molecule has 224 valence electrons. The van der Waals surface area contributed by atoms with Crippen LogP contribution in [-0.2, 0) is 23.9 Å². The van der Waals surface area contributed by atoms with Crippen molar-refractivity contribution in [1.29, 1.82) is 0 Å². The van der Waals surface area contributed by atoms with Crippen LogP contribution < -0.4 is 20.9 Å². The third kappa shape index (κ3) is 7.89. The third-order valence-corrected chi connectivity index (χ3v) is 7.39. The first-order chi connectivity index (χ1) is 20.1. The molecule has 1 fully saturated rings. The zero-order valence-corrected chi connectivity index (χ0v) is 23.8. The Hall–Kier alpha value is -3.89. The van der Waals surface area contributed by atoms with Gasteiger partial charge >= 0.3 is 6.18 Å². The average molecular weight is 583 g/mol. The lowest BCUT2D eigenvalue weighted by Gasteiger charge is -2.26. The van der Waals surface area contributed by atoms with E-state index >= 15 is 0 Å². The fraction of sp³-hybridized carbons (Fsp3) is 0.375. The van der Waals surface area contributed by atoms with Gasteiger partial charge in [-0.3, -0.25) is 9.59 Å². The second-order valence-corrected chi connectivity index (χ2v) is 10.5. The second-order valence-electron chi connectivity index (χ2n) is 10.5. The van der Waals surface area contributed by atoms with E-state index in [1.54, 1.807) is 23.1 Å². The van der Waals surface area contributed by atoms with E-state index in [1.165, 1.54) is 6.07 Å². The molecule has 3 aromatic rings. The summed E-state index contributed by atoms with van der Waals surface area (Å²) in [5.41, 5.74) is 3.27. The lowest BCUT2D eigenvalue weighted by Crippen LogP contribution is -2.48. The van der Waals surface area contributed by atoms with Crippen molar-refractivity contribution in [2.75, 3.05) is 29.9 Å². The largest absolute Gasteiger partial charge is 0.416 e. The summed E-state index contributed by atoms with van der Waals surface area (Å²) in [6, 6.07) is 17.2. The first kappa shape index (κ1) is 31.1. The first-order valence-corrected chi connectivity index (χ1v) is 14.2. The maximum absolute atomic E-state index is 13.6. The number of halogens is 3. The van der Waals surface area contributed by atoms with Gasteiger partial charge in [-0.2, -0.15) is 13.2 Å². The number of rotatable bonds is 12. The van der Waals surface area contributed by atoms with E-state index in [0.29, 0.717) is 42.7 Å². The molecule has 3 aromatic carbocycles. The summed E-state index contributed by atoms with van der Waals surface area (Å²) in [6.07, 6.45) is -3.93. The minimum atomic E-state index is -4.44. The number of hydrogen-bond acceptors (Lipinski definition) is 5. The van der Waals surface area contributed by atoms with E-state index in [-0.39, 0.29) is 19.0 Å². The van der Waals surface area contributed by atoms with E-state index in [0.717, 1.165) is 35.4 Å². The molecule has 2 amide bonds. The summed E-state index contributed by atoms with van der Waals surface area (Å²) in [7, 11) is 0. The summed E-state index contributed by atoms with van der Waals surface area (Å²) in [5, 5.41) is 20.4. The van der Waals surface area contributed by atoms with Crippen LogP contribution in [0.3, 0.4) is 0 Å². The van der Waals surface area contributed by atoms with Crippen molar-refractivity contribution >= 4 is 23.2 Å². The molecule has 4 rings (SSSR count). The van der Waals surface area contributed by atoms with E-state index < -0.39 is 29.8 Å². The number of nitrogens with one attached hydrogen (secondary N) is 3. The molecule has 7 nitrogen and oxygen atoms in total. The molecule has 1 aliphatic rings. The molecule has 0 radical (unpaired) electrons. The van der Waals surface area contributed by atoms with Gasteiger partial charge in [0, 0.05) is 49.5 Å². The molecule has 0 unspecified atom stereocenters. The van der Waals surface area contributed by atoms with E-state index in [1.807, 2.05) is 44.2 Å². The van der Waals surface area contributed by atoms with E-state index in [4.69, 9.17) is 0 Å². The van der Waals surface area contributed by atoms with Crippen LogP contribution >= 0.6 is 0 Å². The van der Waals surface area contributed by atoms with Gasteiger partial charge in [0.25, 0.3) is 5.91 Å². The Morgan fingerprint density at radius 1 is 1.05 bits per heavy atom. The zero-order valence-electron chi connectivity index (χ0n) is 23.8. The number of alkyl halides is 3. The molecule has 0 saturated carbocycles. The van der Waals surface area contributed by atoms with Gasteiger partial charge in [-0.15, -0.1) is 0 Å². The molecule has 4 N–H and O–H groups in total. The highest BCUT2D eigenvalue weighted by molar-refractivity contribution is 6.01. The van der Waals surface area contributed by atoms with Crippen molar-refractivity contribution < 1.29 is 27.9 Å². The Kier molecular flexibility index (Phi) is 10.2. The minimum Gasteiger partial charge on any atom is -0.390 e. The Bertz CT molecular complexity index is 1380. The molecule has 1 aliphatic heterocycles. The van der Waals surface area contributed by atoms with Gasteiger partial charge in [-0.1, -0.05) is 48.5 Å². The standard InChI is InChI=1S/C32H37F3N4O3/c1-3-37-26-17-24(18-28(21(26)2)39-14-8-13-30(39)41)31(42)38-27(16-22-9-5-4-6-10-22)29(40)20-36-19-23-11-7-12-25(15-23)32(33,34)35/h4-7,9-12,15,17-18,27,29,36-37,40H,3,8,13-14,16,19-20H2,1-2H3,(H,38,42)/t27-,29-/m0/s1. The first-order valence-electron chi connectivity index (χ1n) is 14.2. The maximum atomic E-state index is 13.6. The van der Waals surface area contributed by atoms with Crippen LogP contribution in [-0.4, -0.2) is 48.7 Å². The Morgan fingerprint density at radius 3 is 2.45 bits per heavy atom. The van der Waals surface area contributed by atoms with Gasteiger partial charge in [0.1, 0.15) is 0 Å². The fourth-order valence-corrected chi connectivity index (χ4v) is 5.15. The van der Waals surface area contributed by atoms with Crippen molar-refractivity contribution in [3.8, 4) is 0 Å². The van der Waals surface area contributed by atoms with Crippen molar-refractivity contribution in [2.45, 2.75) is 58.0 Å². The number of amides is 2. The van der Waals surface area contributed by atoms with Crippen molar-refractivity contribution in [3.63, 3.8) is 0 Å². The summed E-state index contributed by atoms with van der Waals surface area (Å²) in [4.78, 5) is 27.8. The zero-order chi connectivity index (χ0) is 30.3. The van der Waals surface area contributed by atoms with Crippen LogP contribution in [0.2, 0.25) is 0 Å². The fourth-order valence-electron chi connectivity index (χ4n) is 5.15. The number of carbonyl (C=O) groups is 2. The molecule has 0 spiro atoms. The Morgan fingerprint density at radius 2 is 1.79 bits per heavy atom. The highest BCUT2D eigenvalue weighted by Crippen LogP contribution is 2.32. The number of aliphatic hydroxyl groups is 1. The van der Waals surface area contributed by atoms with Crippen LogP contribution in [0.1, 0.15) is 52.4 Å². The van der Waals surface area contributed by atoms with Crippen molar-refractivity contribution in [3.05, 3.63) is 94.5 Å². The lowest BCUT2D eigenvalue weighted by atomic mass is 9.99. The highest BCUT2D eigenvalue weighted by atomic mass is 19.4. The number of hydrogen-bond donors (Lipinski definition) is 4. The average Bonchev–Trinajstić information content (AvgIpc) is 3.39. The Labute approximate surface area is 244 Å². The summed E-state index contributed by atoms with van der Waals surface area (Å²) in [5.74, 6) is -0.387. The minimum absolute atomic E-state index is 0.0160. The lowest BCUT2D eigenvalue weighted by molar-refractivity contribution is -0.137. The summed E-state index contributed by atoms with van der Waals surface area (Å²) in [6.45, 7) is 5.24. The molecule has 1 heterocycles. The molecule has 42 heavy (non-hydrogen) atoms. The number of anilines is 2. The van der Waals surface area contributed by atoms with Gasteiger partial charge in [0.05, 0.1) is 17.7 Å². The molecule has 0 aromatic heterocycles. The maximum Gasteiger partial charge on any atom is 0.416 e. The summed E-state index contributed by atoms with van der Waals surface area (Å²) >= 11 is 0. The van der Waals surface area contributed by atoms with Crippen LogP contribution in [0, 0.1) is 6.92 Å². The van der Waals surface area contributed by atoms with Gasteiger partial charge in [-0.25, -0.2) is 0 Å².